The molecule has 0 aliphatic heterocycles. The minimum atomic E-state index is -3.03. The molecule has 0 saturated carbocycles. The smallest absolute Gasteiger partial charge is 0.211 e. The molecule has 0 saturated heterocycles. The third kappa shape index (κ3) is 7.19. The number of sulfonamides is 1. The molecule has 0 unspecified atom stereocenters. The number of hydrogen-bond acceptors (Lipinski definition) is 3. The molecule has 0 fully saturated rings. The fourth-order valence-electron chi connectivity index (χ4n) is 1.58. The van der Waals surface area contributed by atoms with Gasteiger partial charge in [-0.2, -0.15) is 0 Å². The molecule has 5 heteroatoms. The van der Waals surface area contributed by atoms with Crippen molar-refractivity contribution < 1.29 is 8.42 Å². The Morgan fingerprint density at radius 1 is 1.00 bits per heavy atom. The topological polar surface area (TPSA) is 40.6 Å². The molecule has 0 spiro atoms. The van der Waals surface area contributed by atoms with Gasteiger partial charge in [0.25, 0.3) is 0 Å². The van der Waals surface area contributed by atoms with Gasteiger partial charge in [0.2, 0.25) is 10.0 Å². The van der Waals surface area contributed by atoms with E-state index in [9.17, 15) is 8.42 Å². The fraction of sp³-hybridized carbons (Fsp3) is 1.00. The number of nitrogens with zero attached hydrogens (tertiary/aromatic N) is 2. The zero-order chi connectivity index (χ0) is 12.6. The van der Waals surface area contributed by atoms with Crippen LogP contribution in [0.3, 0.4) is 0 Å². The minimum Gasteiger partial charge on any atom is -0.305 e. The molecule has 0 radical (unpaired) electrons. The highest BCUT2D eigenvalue weighted by atomic mass is 32.2. The van der Waals surface area contributed by atoms with Gasteiger partial charge in [0.15, 0.2) is 0 Å². The maximum atomic E-state index is 11.3. The Balaban J connectivity index is 3.85. The maximum Gasteiger partial charge on any atom is 0.211 e. The minimum absolute atomic E-state index is 0.557. The van der Waals surface area contributed by atoms with Crippen molar-refractivity contribution in [2.45, 2.75) is 33.1 Å². The summed E-state index contributed by atoms with van der Waals surface area (Å²) in [5, 5.41) is 0. The van der Waals surface area contributed by atoms with E-state index >= 15 is 0 Å². The van der Waals surface area contributed by atoms with Gasteiger partial charge in [-0.3, -0.25) is 0 Å². The van der Waals surface area contributed by atoms with Crippen molar-refractivity contribution in [3.8, 4) is 0 Å². The summed E-state index contributed by atoms with van der Waals surface area (Å²) in [6.07, 6.45) is 4.93. The molecule has 0 aliphatic rings. The second-order valence-corrected chi connectivity index (χ2v) is 6.25. The molecule has 0 amide bonds. The average Bonchev–Trinajstić information content (AvgIpc) is 2.17. The number of unbranched alkanes of at least 4 members (excludes halogenated alkanes) is 2. The van der Waals surface area contributed by atoms with E-state index in [0.717, 1.165) is 13.1 Å². The first kappa shape index (κ1) is 15.9. The molecule has 0 heterocycles. The third-order valence-corrected chi connectivity index (χ3v) is 4.08. The second-order valence-electron chi connectivity index (χ2n) is 4.27. The van der Waals surface area contributed by atoms with Crippen LogP contribution in [0.25, 0.3) is 0 Å². The first-order chi connectivity index (χ1) is 7.41. The van der Waals surface area contributed by atoms with Gasteiger partial charge in [-0.1, -0.05) is 26.7 Å². The lowest BCUT2D eigenvalue weighted by atomic mass is 10.2. The van der Waals surface area contributed by atoms with Crippen LogP contribution in [0.5, 0.6) is 0 Å². The SMILES string of the molecule is CCCCCN(C)CCN(CC)S(C)(=O)=O. The van der Waals surface area contributed by atoms with Crippen LogP contribution in [0.4, 0.5) is 0 Å². The Labute approximate surface area is 101 Å². The van der Waals surface area contributed by atoms with Crippen LogP contribution in [0, 0.1) is 0 Å². The van der Waals surface area contributed by atoms with Crippen molar-refractivity contribution >= 4 is 10.0 Å². The zero-order valence-corrected chi connectivity index (χ0v) is 11.9. The van der Waals surface area contributed by atoms with Crippen molar-refractivity contribution in [3.63, 3.8) is 0 Å². The average molecular weight is 250 g/mol. The zero-order valence-electron chi connectivity index (χ0n) is 11.1. The Morgan fingerprint density at radius 3 is 2.06 bits per heavy atom. The van der Waals surface area contributed by atoms with Crippen LogP contribution in [-0.2, 0) is 10.0 Å². The maximum absolute atomic E-state index is 11.3. The highest BCUT2D eigenvalue weighted by Gasteiger charge is 2.14. The van der Waals surface area contributed by atoms with E-state index in [2.05, 4.69) is 11.8 Å². The molecular weight excluding hydrogens is 224 g/mol. The lowest BCUT2D eigenvalue weighted by Crippen LogP contribution is -2.37. The molecule has 4 nitrogen and oxygen atoms in total. The Bertz CT molecular complexity index is 265. The first-order valence-corrected chi connectivity index (χ1v) is 7.90. The predicted molar refractivity (Wildman–Crippen MR) is 69.1 cm³/mol. The highest BCUT2D eigenvalue weighted by molar-refractivity contribution is 7.88. The molecule has 0 atom stereocenters. The molecule has 0 aromatic rings. The van der Waals surface area contributed by atoms with Gasteiger partial charge in [-0.05, 0) is 20.0 Å². The second kappa shape index (κ2) is 8.03. The van der Waals surface area contributed by atoms with E-state index in [-0.39, 0.29) is 0 Å². The summed E-state index contributed by atoms with van der Waals surface area (Å²) in [5.74, 6) is 0. The quantitative estimate of drug-likeness (QED) is 0.581. The van der Waals surface area contributed by atoms with Crippen molar-refractivity contribution in [2.24, 2.45) is 0 Å². The molecular formula is C11H26N2O2S. The molecule has 0 aromatic heterocycles. The first-order valence-electron chi connectivity index (χ1n) is 6.05. The lowest BCUT2D eigenvalue weighted by Gasteiger charge is -2.22. The third-order valence-electron chi connectivity index (χ3n) is 2.70. The van der Waals surface area contributed by atoms with Crippen LogP contribution in [0.1, 0.15) is 33.1 Å². The van der Waals surface area contributed by atoms with Crippen LogP contribution in [0.2, 0.25) is 0 Å². The molecule has 0 bridgehead atoms. The predicted octanol–water partition coefficient (Wildman–Crippen LogP) is 1.39. The summed E-state index contributed by atoms with van der Waals surface area (Å²) in [6, 6.07) is 0. The summed E-state index contributed by atoms with van der Waals surface area (Å²) < 4.78 is 24.2. The van der Waals surface area contributed by atoms with E-state index < -0.39 is 10.0 Å². The van der Waals surface area contributed by atoms with Crippen molar-refractivity contribution in [1.82, 2.24) is 9.21 Å². The van der Waals surface area contributed by atoms with Gasteiger partial charge < -0.3 is 4.90 Å². The Kier molecular flexibility index (Phi) is 7.97. The van der Waals surface area contributed by atoms with Gasteiger partial charge >= 0.3 is 0 Å². The summed E-state index contributed by atoms with van der Waals surface area (Å²) in [4.78, 5) is 2.20. The lowest BCUT2D eigenvalue weighted by molar-refractivity contribution is 0.292. The van der Waals surface area contributed by atoms with E-state index in [1.807, 2.05) is 14.0 Å². The molecule has 98 valence electrons. The van der Waals surface area contributed by atoms with E-state index in [4.69, 9.17) is 0 Å². The molecule has 0 aromatic carbocycles. The fourth-order valence-corrected chi connectivity index (χ4v) is 2.47. The Hall–Kier alpha value is -0.130. The van der Waals surface area contributed by atoms with Gasteiger partial charge in [-0.25, -0.2) is 12.7 Å². The standard InChI is InChI=1S/C11H26N2O2S/c1-5-7-8-9-12(3)10-11-13(6-2)16(4,14)15/h5-11H2,1-4H3. The van der Waals surface area contributed by atoms with Gasteiger partial charge in [-0.15, -0.1) is 0 Å². The molecule has 0 rings (SSSR count). The molecule has 0 N–H and O–H groups in total. The normalized spacial score (nSPS) is 12.6. The number of hydrogen-bond donors (Lipinski definition) is 0. The van der Waals surface area contributed by atoms with E-state index in [1.165, 1.54) is 29.8 Å². The largest absolute Gasteiger partial charge is 0.305 e. The monoisotopic (exact) mass is 250 g/mol. The van der Waals surface area contributed by atoms with E-state index in [1.54, 1.807) is 0 Å². The molecule has 16 heavy (non-hydrogen) atoms. The number of rotatable bonds is 9. The van der Waals surface area contributed by atoms with Crippen molar-refractivity contribution in [3.05, 3.63) is 0 Å². The summed E-state index contributed by atoms with van der Waals surface area (Å²) in [6.45, 7) is 7.07. The van der Waals surface area contributed by atoms with Crippen LogP contribution >= 0.6 is 0 Å². The van der Waals surface area contributed by atoms with Crippen LogP contribution in [-0.4, -0.2) is 57.1 Å². The number of likely N-dealkylation sites (N-methyl/N-ethyl adjacent to an activating group) is 2. The summed E-state index contributed by atoms with van der Waals surface area (Å²) >= 11 is 0. The Morgan fingerprint density at radius 2 is 1.62 bits per heavy atom. The van der Waals surface area contributed by atoms with Gasteiger partial charge in [0, 0.05) is 19.6 Å². The van der Waals surface area contributed by atoms with Crippen LogP contribution < -0.4 is 0 Å². The van der Waals surface area contributed by atoms with Crippen LogP contribution in [0.15, 0.2) is 0 Å². The van der Waals surface area contributed by atoms with Crippen molar-refractivity contribution in [2.75, 3.05) is 39.5 Å². The van der Waals surface area contributed by atoms with Crippen molar-refractivity contribution in [1.29, 1.82) is 0 Å². The van der Waals surface area contributed by atoms with Gasteiger partial charge in [0.1, 0.15) is 0 Å². The van der Waals surface area contributed by atoms with E-state index in [0.29, 0.717) is 13.1 Å². The molecule has 0 aliphatic carbocycles. The summed E-state index contributed by atoms with van der Waals surface area (Å²) in [7, 11) is -0.982. The van der Waals surface area contributed by atoms with Gasteiger partial charge in [0.05, 0.1) is 6.26 Å². The highest BCUT2D eigenvalue weighted by Crippen LogP contribution is 1.99. The summed E-state index contributed by atoms with van der Waals surface area (Å²) in [5.41, 5.74) is 0.